The molecule has 1 aliphatic heterocycles. The van der Waals surface area contributed by atoms with E-state index in [2.05, 4.69) is 17.2 Å². The standard InChI is InChI=1S/C12H18N2O2/c1-9(10-4-5-16-8-10)13-6-11-2-3-12(15)7-14-11/h2-3,7,9-10,13,15H,4-6,8H2,1H3. The first-order valence-corrected chi connectivity index (χ1v) is 5.71. The lowest BCUT2D eigenvalue weighted by atomic mass is 10.0. The fourth-order valence-corrected chi connectivity index (χ4v) is 1.90. The highest BCUT2D eigenvalue weighted by atomic mass is 16.5. The highest BCUT2D eigenvalue weighted by molar-refractivity contribution is 5.17. The Morgan fingerprint density at radius 2 is 2.50 bits per heavy atom. The lowest BCUT2D eigenvalue weighted by molar-refractivity contribution is 0.178. The Morgan fingerprint density at radius 1 is 1.62 bits per heavy atom. The molecule has 88 valence electrons. The largest absolute Gasteiger partial charge is 0.506 e. The lowest BCUT2D eigenvalue weighted by Crippen LogP contribution is -2.33. The smallest absolute Gasteiger partial charge is 0.133 e. The van der Waals surface area contributed by atoms with E-state index in [9.17, 15) is 0 Å². The van der Waals surface area contributed by atoms with Gasteiger partial charge in [-0.2, -0.15) is 0 Å². The molecule has 2 N–H and O–H groups in total. The minimum absolute atomic E-state index is 0.209. The molecular formula is C12H18N2O2. The molecule has 4 nitrogen and oxygen atoms in total. The van der Waals surface area contributed by atoms with Gasteiger partial charge < -0.3 is 15.2 Å². The van der Waals surface area contributed by atoms with Gasteiger partial charge >= 0.3 is 0 Å². The van der Waals surface area contributed by atoms with Gasteiger partial charge in [0.05, 0.1) is 18.5 Å². The summed E-state index contributed by atoms with van der Waals surface area (Å²) in [5.74, 6) is 0.818. The molecule has 16 heavy (non-hydrogen) atoms. The highest BCUT2D eigenvalue weighted by Crippen LogP contribution is 2.16. The van der Waals surface area contributed by atoms with Gasteiger partial charge in [-0.1, -0.05) is 0 Å². The summed E-state index contributed by atoms with van der Waals surface area (Å²) in [6.07, 6.45) is 2.61. The maximum atomic E-state index is 9.11. The Morgan fingerprint density at radius 3 is 3.12 bits per heavy atom. The number of nitrogens with zero attached hydrogens (tertiary/aromatic N) is 1. The third-order valence-electron chi connectivity index (χ3n) is 3.09. The monoisotopic (exact) mass is 222 g/mol. The van der Waals surface area contributed by atoms with Crippen LogP contribution in [0, 0.1) is 5.92 Å². The number of aromatic nitrogens is 1. The van der Waals surface area contributed by atoms with Crippen LogP contribution in [0.4, 0.5) is 0 Å². The predicted molar refractivity (Wildman–Crippen MR) is 61.1 cm³/mol. The van der Waals surface area contributed by atoms with Crippen molar-refractivity contribution in [3.8, 4) is 5.75 Å². The van der Waals surface area contributed by atoms with E-state index in [-0.39, 0.29) is 5.75 Å². The Hall–Kier alpha value is -1.13. The van der Waals surface area contributed by atoms with Crippen molar-refractivity contribution in [2.75, 3.05) is 13.2 Å². The van der Waals surface area contributed by atoms with E-state index in [0.29, 0.717) is 12.0 Å². The molecule has 0 aliphatic carbocycles. The third kappa shape index (κ3) is 2.93. The van der Waals surface area contributed by atoms with Crippen molar-refractivity contribution in [1.82, 2.24) is 10.3 Å². The number of hydrogen-bond acceptors (Lipinski definition) is 4. The van der Waals surface area contributed by atoms with Crippen LogP contribution in [0.3, 0.4) is 0 Å². The fraction of sp³-hybridized carbons (Fsp3) is 0.583. The Balaban J connectivity index is 1.80. The highest BCUT2D eigenvalue weighted by Gasteiger charge is 2.21. The molecule has 2 rings (SSSR count). The first kappa shape index (κ1) is 11.4. The molecule has 0 aromatic carbocycles. The van der Waals surface area contributed by atoms with Crippen molar-refractivity contribution >= 4 is 0 Å². The second kappa shape index (κ2) is 5.27. The molecule has 2 unspecified atom stereocenters. The summed E-state index contributed by atoms with van der Waals surface area (Å²) < 4.78 is 5.36. The van der Waals surface area contributed by atoms with Gasteiger partial charge in [0, 0.05) is 19.2 Å². The topological polar surface area (TPSA) is 54.4 Å². The molecule has 1 saturated heterocycles. The summed E-state index contributed by atoms with van der Waals surface area (Å²) >= 11 is 0. The summed E-state index contributed by atoms with van der Waals surface area (Å²) in [5, 5.41) is 12.5. The Bertz CT molecular complexity index is 320. The number of pyridine rings is 1. The number of nitrogens with one attached hydrogen (secondary N) is 1. The SMILES string of the molecule is CC(NCc1ccc(O)cn1)C1CCOC1. The van der Waals surface area contributed by atoms with Crippen LogP contribution in [0.2, 0.25) is 0 Å². The third-order valence-corrected chi connectivity index (χ3v) is 3.09. The van der Waals surface area contributed by atoms with Crippen molar-refractivity contribution in [1.29, 1.82) is 0 Å². The summed E-state index contributed by atoms with van der Waals surface area (Å²) in [6.45, 7) is 4.66. The van der Waals surface area contributed by atoms with E-state index in [1.807, 2.05) is 6.07 Å². The van der Waals surface area contributed by atoms with Crippen LogP contribution in [0.1, 0.15) is 19.0 Å². The molecule has 2 atom stereocenters. The van der Waals surface area contributed by atoms with Gasteiger partial charge in [0.15, 0.2) is 0 Å². The quantitative estimate of drug-likeness (QED) is 0.806. The molecule has 1 aromatic rings. The van der Waals surface area contributed by atoms with Crippen LogP contribution in [0.15, 0.2) is 18.3 Å². The number of ether oxygens (including phenoxy) is 1. The van der Waals surface area contributed by atoms with E-state index in [0.717, 1.165) is 31.9 Å². The molecule has 0 saturated carbocycles. The van der Waals surface area contributed by atoms with Gasteiger partial charge in [0.25, 0.3) is 0 Å². The molecule has 1 aliphatic rings. The summed E-state index contributed by atoms with van der Waals surface area (Å²) in [4.78, 5) is 4.13. The van der Waals surface area contributed by atoms with E-state index in [1.54, 1.807) is 6.07 Å². The second-order valence-corrected chi connectivity index (χ2v) is 4.30. The number of rotatable bonds is 4. The maximum Gasteiger partial charge on any atom is 0.133 e. The van der Waals surface area contributed by atoms with Crippen molar-refractivity contribution < 1.29 is 9.84 Å². The van der Waals surface area contributed by atoms with Crippen LogP contribution in [0.25, 0.3) is 0 Å². The Labute approximate surface area is 95.7 Å². The van der Waals surface area contributed by atoms with Gasteiger partial charge in [0.2, 0.25) is 0 Å². The average Bonchev–Trinajstić information content (AvgIpc) is 2.81. The van der Waals surface area contributed by atoms with Gasteiger partial charge in [0.1, 0.15) is 5.75 Å². The second-order valence-electron chi connectivity index (χ2n) is 4.30. The van der Waals surface area contributed by atoms with Crippen LogP contribution in [-0.4, -0.2) is 29.3 Å². The van der Waals surface area contributed by atoms with E-state index in [1.165, 1.54) is 6.20 Å². The number of aromatic hydroxyl groups is 1. The van der Waals surface area contributed by atoms with Crippen LogP contribution >= 0.6 is 0 Å². The van der Waals surface area contributed by atoms with Crippen LogP contribution in [0.5, 0.6) is 5.75 Å². The van der Waals surface area contributed by atoms with Crippen molar-refractivity contribution in [3.63, 3.8) is 0 Å². The maximum absolute atomic E-state index is 9.11. The van der Waals surface area contributed by atoms with Gasteiger partial charge in [-0.25, -0.2) is 0 Å². The molecule has 2 heterocycles. The molecule has 0 radical (unpaired) electrons. The summed E-state index contributed by atoms with van der Waals surface area (Å²) in [7, 11) is 0. The summed E-state index contributed by atoms with van der Waals surface area (Å²) in [6, 6.07) is 3.94. The lowest BCUT2D eigenvalue weighted by Gasteiger charge is -2.18. The molecular weight excluding hydrogens is 204 g/mol. The zero-order chi connectivity index (χ0) is 11.4. The van der Waals surface area contributed by atoms with Crippen molar-refractivity contribution in [2.24, 2.45) is 5.92 Å². The predicted octanol–water partition coefficient (Wildman–Crippen LogP) is 1.30. The zero-order valence-corrected chi connectivity index (χ0v) is 9.52. The minimum atomic E-state index is 0.209. The zero-order valence-electron chi connectivity index (χ0n) is 9.52. The molecule has 0 spiro atoms. The Kier molecular flexibility index (Phi) is 3.74. The van der Waals surface area contributed by atoms with Gasteiger partial charge in [-0.05, 0) is 31.4 Å². The van der Waals surface area contributed by atoms with E-state index in [4.69, 9.17) is 9.84 Å². The van der Waals surface area contributed by atoms with Crippen LogP contribution in [-0.2, 0) is 11.3 Å². The minimum Gasteiger partial charge on any atom is -0.506 e. The molecule has 0 amide bonds. The molecule has 0 bridgehead atoms. The molecule has 1 aromatic heterocycles. The van der Waals surface area contributed by atoms with Gasteiger partial charge in [-0.3, -0.25) is 4.98 Å². The average molecular weight is 222 g/mol. The van der Waals surface area contributed by atoms with E-state index < -0.39 is 0 Å². The molecule has 4 heteroatoms. The first-order chi connectivity index (χ1) is 7.75. The normalized spacial score (nSPS) is 22.2. The first-order valence-electron chi connectivity index (χ1n) is 5.71. The summed E-state index contributed by atoms with van der Waals surface area (Å²) in [5.41, 5.74) is 0.948. The van der Waals surface area contributed by atoms with Gasteiger partial charge in [-0.15, -0.1) is 0 Å². The fourth-order valence-electron chi connectivity index (χ4n) is 1.90. The van der Waals surface area contributed by atoms with Crippen LogP contribution < -0.4 is 5.32 Å². The van der Waals surface area contributed by atoms with E-state index >= 15 is 0 Å². The molecule has 1 fully saturated rings. The van der Waals surface area contributed by atoms with Crippen molar-refractivity contribution in [2.45, 2.75) is 25.9 Å². The van der Waals surface area contributed by atoms with Crippen molar-refractivity contribution in [3.05, 3.63) is 24.0 Å². The number of hydrogen-bond donors (Lipinski definition) is 2.